The van der Waals surface area contributed by atoms with E-state index >= 15 is 0 Å². The van der Waals surface area contributed by atoms with E-state index < -0.39 is 0 Å². The van der Waals surface area contributed by atoms with Crippen molar-refractivity contribution >= 4 is 29.9 Å². The van der Waals surface area contributed by atoms with Crippen molar-refractivity contribution in [3.05, 3.63) is 24.3 Å². The van der Waals surface area contributed by atoms with Gasteiger partial charge in [-0.2, -0.15) is 0 Å². The average Bonchev–Trinajstić information content (AvgIpc) is 2.98. The third-order valence-corrected chi connectivity index (χ3v) is 5.17. The zero-order chi connectivity index (χ0) is 17.3. The van der Waals surface area contributed by atoms with Gasteiger partial charge in [0.15, 0.2) is 0 Å². The molecule has 0 aromatic heterocycles. The summed E-state index contributed by atoms with van der Waals surface area (Å²) >= 11 is 0. The van der Waals surface area contributed by atoms with Crippen molar-refractivity contribution < 1.29 is 14.3 Å². The number of halogens is 1. The first-order valence-electron chi connectivity index (χ1n) is 8.50. The van der Waals surface area contributed by atoms with Crippen molar-refractivity contribution in [2.45, 2.75) is 32.4 Å². The Labute approximate surface area is 154 Å². The fourth-order valence-corrected chi connectivity index (χ4v) is 3.56. The van der Waals surface area contributed by atoms with Gasteiger partial charge in [0, 0.05) is 38.1 Å². The molecular formula is C18H26ClN3O3. The lowest BCUT2D eigenvalue weighted by atomic mass is 10.0. The minimum atomic E-state index is -0.282. The van der Waals surface area contributed by atoms with Gasteiger partial charge in [-0.05, 0) is 26.0 Å². The van der Waals surface area contributed by atoms with Crippen LogP contribution in [0.5, 0.6) is 5.75 Å². The van der Waals surface area contributed by atoms with Crippen LogP contribution in [0.1, 0.15) is 20.3 Å². The third-order valence-electron chi connectivity index (χ3n) is 5.17. The largest absolute Gasteiger partial charge is 0.495 e. The maximum atomic E-state index is 12.9. The fourth-order valence-electron chi connectivity index (χ4n) is 3.56. The summed E-state index contributed by atoms with van der Waals surface area (Å²) in [4.78, 5) is 29.0. The molecule has 2 saturated heterocycles. The van der Waals surface area contributed by atoms with Crippen molar-refractivity contribution in [2.24, 2.45) is 5.92 Å². The SMILES string of the molecule is COc1ccccc1N1CC(C(=O)N2CCNC(C)C2C)CC1=O.Cl. The van der Waals surface area contributed by atoms with Crippen LogP contribution in [0, 0.1) is 5.92 Å². The summed E-state index contributed by atoms with van der Waals surface area (Å²) in [6, 6.07) is 7.85. The molecule has 1 N–H and O–H groups in total. The molecule has 2 aliphatic rings. The Morgan fingerprint density at radius 1 is 1.28 bits per heavy atom. The van der Waals surface area contributed by atoms with Crippen LogP contribution in [-0.4, -0.2) is 55.5 Å². The summed E-state index contributed by atoms with van der Waals surface area (Å²) in [7, 11) is 1.59. The van der Waals surface area contributed by atoms with Crippen molar-refractivity contribution in [1.82, 2.24) is 10.2 Å². The van der Waals surface area contributed by atoms with E-state index in [1.165, 1.54) is 0 Å². The molecule has 3 unspecified atom stereocenters. The normalized spacial score (nSPS) is 26.4. The van der Waals surface area contributed by atoms with Gasteiger partial charge in [0.1, 0.15) is 5.75 Å². The topological polar surface area (TPSA) is 61.9 Å². The molecule has 1 aromatic rings. The van der Waals surface area contributed by atoms with Gasteiger partial charge >= 0.3 is 0 Å². The summed E-state index contributed by atoms with van der Waals surface area (Å²) in [6.45, 7) is 6.06. The van der Waals surface area contributed by atoms with E-state index in [2.05, 4.69) is 19.2 Å². The molecule has 0 radical (unpaired) electrons. The number of hydrogen-bond acceptors (Lipinski definition) is 4. The highest BCUT2D eigenvalue weighted by Crippen LogP contribution is 2.33. The van der Waals surface area contributed by atoms with E-state index in [9.17, 15) is 9.59 Å². The van der Waals surface area contributed by atoms with Crippen LogP contribution in [0.25, 0.3) is 0 Å². The van der Waals surface area contributed by atoms with Gasteiger partial charge in [-0.3, -0.25) is 9.59 Å². The zero-order valence-corrected chi connectivity index (χ0v) is 15.7. The second kappa shape index (κ2) is 8.06. The van der Waals surface area contributed by atoms with Gasteiger partial charge in [0.2, 0.25) is 11.8 Å². The second-order valence-electron chi connectivity index (χ2n) is 6.59. The Morgan fingerprint density at radius 2 is 2.00 bits per heavy atom. The first-order valence-corrected chi connectivity index (χ1v) is 8.50. The van der Waals surface area contributed by atoms with Crippen LogP contribution >= 0.6 is 12.4 Å². The van der Waals surface area contributed by atoms with Crippen LogP contribution in [0.2, 0.25) is 0 Å². The number of benzene rings is 1. The van der Waals surface area contributed by atoms with Crippen LogP contribution < -0.4 is 15.0 Å². The van der Waals surface area contributed by atoms with Gasteiger partial charge in [-0.15, -0.1) is 12.4 Å². The minimum absolute atomic E-state index is 0. The predicted molar refractivity (Wildman–Crippen MR) is 99.3 cm³/mol. The first-order chi connectivity index (χ1) is 11.5. The molecule has 2 aliphatic heterocycles. The monoisotopic (exact) mass is 367 g/mol. The number of nitrogens with one attached hydrogen (secondary N) is 1. The number of hydrogen-bond donors (Lipinski definition) is 1. The molecular weight excluding hydrogens is 342 g/mol. The standard InChI is InChI=1S/C18H25N3O3.ClH/c1-12-13(2)20(9-8-19-12)18(23)14-10-17(22)21(11-14)15-6-4-5-7-16(15)24-3;/h4-7,12-14,19H,8-11H2,1-3H3;1H. The Balaban J connectivity index is 0.00000225. The number of nitrogens with zero attached hydrogens (tertiary/aromatic N) is 2. The number of amides is 2. The number of rotatable bonds is 3. The number of piperazine rings is 1. The second-order valence-corrected chi connectivity index (χ2v) is 6.59. The van der Waals surface area contributed by atoms with Crippen LogP contribution in [0.3, 0.4) is 0 Å². The minimum Gasteiger partial charge on any atom is -0.495 e. The van der Waals surface area contributed by atoms with Gasteiger partial charge < -0.3 is 19.9 Å². The van der Waals surface area contributed by atoms with E-state index in [0.717, 1.165) is 12.2 Å². The molecule has 2 amide bonds. The Morgan fingerprint density at radius 3 is 2.72 bits per heavy atom. The van der Waals surface area contributed by atoms with Crippen LogP contribution in [0.15, 0.2) is 24.3 Å². The lowest BCUT2D eigenvalue weighted by Crippen LogP contribution is -2.58. The summed E-state index contributed by atoms with van der Waals surface area (Å²) < 4.78 is 5.35. The molecule has 6 nitrogen and oxygen atoms in total. The molecule has 0 saturated carbocycles. The van der Waals surface area contributed by atoms with Crippen molar-refractivity contribution in [2.75, 3.05) is 31.6 Å². The summed E-state index contributed by atoms with van der Waals surface area (Å²) in [6.07, 6.45) is 0.266. The van der Waals surface area contributed by atoms with Gasteiger partial charge in [0.25, 0.3) is 0 Å². The Kier molecular flexibility index (Phi) is 6.30. The molecule has 1 aromatic carbocycles. The van der Waals surface area contributed by atoms with Crippen molar-refractivity contribution in [3.63, 3.8) is 0 Å². The number of ether oxygens (including phenoxy) is 1. The number of carbonyl (C=O) groups excluding carboxylic acids is 2. The van der Waals surface area contributed by atoms with Crippen LogP contribution in [0.4, 0.5) is 5.69 Å². The Hall–Kier alpha value is -1.79. The molecule has 0 spiro atoms. The molecule has 25 heavy (non-hydrogen) atoms. The smallest absolute Gasteiger partial charge is 0.228 e. The maximum Gasteiger partial charge on any atom is 0.228 e. The Bertz CT molecular complexity index is 640. The lowest BCUT2D eigenvalue weighted by Gasteiger charge is -2.39. The molecule has 7 heteroatoms. The van der Waals surface area contributed by atoms with Gasteiger partial charge in [0.05, 0.1) is 18.7 Å². The highest BCUT2D eigenvalue weighted by Gasteiger charge is 2.40. The lowest BCUT2D eigenvalue weighted by molar-refractivity contribution is -0.139. The number of carbonyl (C=O) groups is 2. The molecule has 3 rings (SSSR count). The zero-order valence-electron chi connectivity index (χ0n) is 14.9. The van der Waals surface area contributed by atoms with E-state index in [0.29, 0.717) is 18.8 Å². The maximum absolute atomic E-state index is 12.9. The molecule has 2 heterocycles. The number of anilines is 1. The molecule has 138 valence electrons. The van der Waals surface area contributed by atoms with E-state index in [-0.39, 0.29) is 48.6 Å². The highest BCUT2D eigenvalue weighted by atomic mass is 35.5. The summed E-state index contributed by atoms with van der Waals surface area (Å²) in [5, 5.41) is 3.38. The van der Waals surface area contributed by atoms with Crippen LogP contribution in [-0.2, 0) is 9.59 Å². The van der Waals surface area contributed by atoms with E-state index in [1.54, 1.807) is 12.0 Å². The van der Waals surface area contributed by atoms with Gasteiger partial charge in [-0.25, -0.2) is 0 Å². The third kappa shape index (κ3) is 3.75. The van der Waals surface area contributed by atoms with E-state index in [1.807, 2.05) is 29.2 Å². The highest BCUT2D eigenvalue weighted by molar-refractivity contribution is 6.01. The summed E-state index contributed by atoms with van der Waals surface area (Å²) in [5.41, 5.74) is 0.738. The molecule has 2 fully saturated rings. The predicted octanol–water partition coefficient (Wildman–Crippen LogP) is 1.68. The quantitative estimate of drug-likeness (QED) is 0.883. The number of para-hydroxylation sites is 2. The molecule has 0 aliphatic carbocycles. The molecule has 0 bridgehead atoms. The number of methoxy groups -OCH3 is 1. The fraction of sp³-hybridized carbons (Fsp3) is 0.556. The summed E-state index contributed by atoms with van der Waals surface area (Å²) in [5.74, 6) is 0.438. The average molecular weight is 368 g/mol. The van der Waals surface area contributed by atoms with Gasteiger partial charge in [-0.1, -0.05) is 12.1 Å². The van der Waals surface area contributed by atoms with Crippen molar-refractivity contribution in [1.29, 1.82) is 0 Å². The van der Waals surface area contributed by atoms with Crippen molar-refractivity contribution in [3.8, 4) is 5.75 Å². The molecule has 3 atom stereocenters. The first kappa shape index (κ1) is 19.5. The van der Waals surface area contributed by atoms with E-state index in [4.69, 9.17) is 4.74 Å².